The van der Waals surface area contributed by atoms with Gasteiger partial charge in [0.25, 0.3) is 0 Å². The van der Waals surface area contributed by atoms with Crippen LogP contribution in [0, 0.1) is 10.8 Å². The number of aliphatic hydroxyl groups is 1. The summed E-state index contributed by atoms with van der Waals surface area (Å²) in [7, 11) is 0. The highest BCUT2D eigenvalue weighted by Crippen LogP contribution is 2.55. The first-order valence-corrected chi connectivity index (χ1v) is 12.1. The van der Waals surface area contributed by atoms with Gasteiger partial charge in [0.2, 0.25) is 0 Å². The molecule has 2 aliphatic carbocycles. The van der Waals surface area contributed by atoms with E-state index in [1.807, 2.05) is 11.3 Å². The smallest absolute Gasteiger partial charge is 0.0964 e. The molecule has 0 saturated carbocycles. The quantitative estimate of drug-likeness (QED) is 0.664. The summed E-state index contributed by atoms with van der Waals surface area (Å²) in [6, 6.07) is 0. The third kappa shape index (κ3) is 4.30. The number of nitrogens with zero attached hydrogens (tertiary/aromatic N) is 2. The lowest BCUT2D eigenvalue weighted by atomic mass is 9.79. The van der Waals surface area contributed by atoms with E-state index in [1.165, 1.54) is 35.4 Å². The van der Waals surface area contributed by atoms with E-state index in [0.717, 1.165) is 38.2 Å². The number of rotatable bonds is 5. The number of likely N-dealkylation sites (tertiary alicyclic amines) is 1. The monoisotopic (exact) mass is 412 g/mol. The zero-order chi connectivity index (χ0) is 20.6. The van der Waals surface area contributed by atoms with Crippen LogP contribution in [0.1, 0.15) is 76.4 Å². The van der Waals surface area contributed by atoms with Crippen molar-refractivity contribution in [1.82, 2.24) is 9.88 Å². The summed E-state index contributed by atoms with van der Waals surface area (Å²) in [6.07, 6.45) is 12.6. The maximum atomic E-state index is 9.04. The van der Waals surface area contributed by atoms with Gasteiger partial charge in [0.05, 0.1) is 10.7 Å². The lowest BCUT2D eigenvalue weighted by Gasteiger charge is -2.30. The van der Waals surface area contributed by atoms with Crippen LogP contribution < -0.4 is 0 Å². The van der Waals surface area contributed by atoms with Crippen LogP contribution in [0.3, 0.4) is 0 Å². The molecule has 0 unspecified atom stereocenters. The van der Waals surface area contributed by atoms with E-state index in [0.29, 0.717) is 12.5 Å². The molecule has 3 aliphatic rings. The number of aliphatic hydroxyl groups excluding tert-OH is 1. The number of allylic oxidation sites excluding steroid dienone is 6. The van der Waals surface area contributed by atoms with Crippen LogP contribution in [0.5, 0.6) is 0 Å². The Labute approximate surface area is 180 Å². The molecule has 3 nitrogen and oxygen atoms in total. The van der Waals surface area contributed by atoms with Crippen LogP contribution in [-0.4, -0.2) is 41.2 Å². The highest BCUT2D eigenvalue weighted by molar-refractivity contribution is 7.09. The van der Waals surface area contributed by atoms with Crippen molar-refractivity contribution in [3.8, 4) is 0 Å². The maximum absolute atomic E-state index is 9.04. The third-order valence-corrected chi connectivity index (χ3v) is 8.07. The molecule has 2 heterocycles. The molecule has 0 radical (unpaired) electrons. The number of thiazole rings is 1. The van der Waals surface area contributed by atoms with Crippen LogP contribution >= 0.6 is 11.3 Å². The predicted octanol–water partition coefficient (Wildman–Crippen LogP) is 5.80. The Morgan fingerprint density at radius 1 is 1.17 bits per heavy atom. The second-order valence-corrected chi connectivity index (χ2v) is 11.2. The van der Waals surface area contributed by atoms with Crippen molar-refractivity contribution in [2.45, 2.75) is 65.7 Å². The molecule has 0 aromatic carbocycles. The minimum atomic E-state index is 0.232. The van der Waals surface area contributed by atoms with Crippen molar-refractivity contribution in [3.05, 3.63) is 45.5 Å². The van der Waals surface area contributed by atoms with E-state index < -0.39 is 0 Å². The molecule has 1 fully saturated rings. The number of piperidine rings is 1. The minimum Gasteiger partial charge on any atom is -0.396 e. The molecule has 1 saturated heterocycles. The van der Waals surface area contributed by atoms with E-state index in [4.69, 9.17) is 10.1 Å². The van der Waals surface area contributed by atoms with E-state index in [2.05, 4.69) is 56.2 Å². The number of hydrogen-bond acceptors (Lipinski definition) is 4. The molecule has 1 aromatic rings. The van der Waals surface area contributed by atoms with Crippen molar-refractivity contribution in [2.24, 2.45) is 10.8 Å². The molecule has 158 valence electrons. The summed E-state index contributed by atoms with van der Waals surface area (Å²) in [5.74, 6) is 0.589. The molecular formula is C25H36N2OS. The Kier molecular flexibility index (Phi) is 5.89. The second-order valence-electron chi connectivity index (χ2n) is 10.3. The van der Waals surface area contributed by atoms with Crippen molar-refractivity contribution in [2.75, 3.05) is 26.2 Å². The zero-order valence-corrected chi connectivity index (χ0v) is 19.3. The molecule has 4 heteroatoms. The maximum Gasteiger partial charge on any atom is 0.0964 e. The fourth-order valence-electron chi connectivity index (χ4n) is 5.72. The van der Waals surface area contributed by atoms with Crippen LogP contribution in [-0.2, 0) is 0 Å². The lowest BCUT2D eigenvalue weighted by Crippen LogP contribution is -2.34. The van der Waals surface area contributed by atoms with E-state index in [-0.39, 0.29) is 10.8 Å². The average molecular weight is 413 g/mol. The molecule has 0 bridgehead atoms. The van der Waals surface area contributed by atoms with Crippen molar-refractivity contribution in [1.29, 1.82) is 0 Å². The largest absolute Gasteiger partial charge is 0.396 e. The van der Waals surface area contributed by atoms with Crippen molar-refractivity contribution in [3.63, 3.8) is 0 Å². The zero-order valence-electron chi connectivity index (χ0n) is 18.5. The highest BCUT2D eigenvalue weighted by atomic mass is 32.1. The molecule has 1 aliphatic heterocycles. The summed E-state index contributed by atoms with van der Waals surface area (Å²) in [5, 5.41) is 12.6. The highest BCUT2D eigenvalue weighted by Gasteiger charge is 2.42. The fourth-order valence-corrected chi connectivity index (χ4v) is 6.72. The van der Waals surface area contributed by atoms with Gasteiger partial charge in [0.15, 0.2) is 0 Å². The summed E-state index contributed by atoms with van der Waals surface area (Å²) in [6.45, 7) is 13.2. The first-order valence-electron chi connectivity index (χ1n) is 11.2. The Morgan fingerprint density at radius 3 is 2.66 bits per heavy atom. The SMILES string of the molecule is CC1(C)CC(C)(C)C2=C1C=C(c1csc(C3CCN(CCCO)CC3)n1)C=CC2. The Balaban J connectivity index is 1.51. The van der Waals surface area contributed by atoms with Gasteiger partial charge in [-0.1, -0.05) is 45.4 Å². The third-order valence-electron chi connectivity index (χ3n) is 7.06. The van der Waals surface area contributed by atoms with Crippen LogP contribution in [0.2, 0.25) is 0 Å². The minimum absolute atomic E-state index is 0.232. The summed E-state index contributed by atoms with van der Waals surface area (Å²) < 4.78 is 0. The molecule has 29 heavy (non-hydrogen) atoms. The van der Waals surface area contributed by atoms with Gasteiger partial charge in [-0.15, -0.1) is 11.3 Å². The standard InChI is InChI=1S/C25H36N2OS/c1-24(2)17-25(3,4)21-15-19(7-5-8-20(21)24)22-16-29-23(26-22)18-9-12-27(13-10-18)11-6-14-28/h5,7,15-16,18,28H,6,8-14,17H2,1-4H3. The number of aromatic nitrogens is 1. The molecule has 1 N–H and O–H groups in total. The van der Waals surface area contributed by atoms with E-state index >= 15 is 0 Å². The van der Waals surface area contributed by atoms with Crippen LogP contribution in [0.4, 0.5) is 0 Å². The Bertz CT molecular complexity index is 835. The van der Waals surface area contributed by atoms with Crippen LogP contribution in [0.25, 0.3) is 5.57 Å². The van der Waals surface area contributed by atoms with Gasteiger partial charge in [-0.25, -0.2) is 4.98 Å². The van der Waals surface area contributed by atoms with Gasteiger partial charge >= 0.3 is 0 Å². The van der Waals surface area contributed by atoms with Crippen molar-refractivity contribution < 1.29 is 5.11 Å². The molecule has 0 spiro atoms. The molecular weight excluding hydrogens is 376 g/mol. The summed E-state index contributed by atoms with van der Waals surface area (Å²) in [4.78, 5) is 7.58. The first kappa shape index (κ1) is 21.0. The molecule has 1 aromatic heterocycles. The van der Waals surface area contributed by atoms with Crippen molar-refractivity contribution >= 4 is 16.9 Å². The van der Waals surface area contributed by atoms with Gasteiger partial charge in [0, 0.05) is 30.0 Å². The Morgan fingerprint density at radius 2 is 1.93 bits per heavy atom. The lowest BCUT2D eigenvalue weighted by molar-refractivity contribution is 0.187. The Hall–Kier alpha value is -1.23. The fraction of sp³-hybridized carbons (Fsp3) is 0.640. The van der Waals surface area contributed by atoms with Gasteiger partial charge in [-0.05, 0) is 67.7 Å². The predicted molar refractivity (Wildman–Crippen MR) is 123 cm³/mol. The summed E-state index contributed by atoms with van der Waals surface area (Å²) in [5.41, 5.74) is 6.10. The number of hydrogen-bond donors (Lipinski definition) is 1. The van der Waals surface area contributed by atoms with Gasteiger partial charge in [-0.3, -0.25) is 0 Å². The molecule has 4 rings (SSSR count). The van der Waals surface area contributed by atoms with Gasteiger partial charge in [-0.2, -0.15) is 0 Å². The normalized spacial score (nSPS) is 24.5. The first-order chi connectivity index (χ1) is 13.8. The molecule has 0 amide bonds. The molecule has 0 atom stereocenters. The van der Waals surface area contributed by atoms with Gasteiger partial charge in [0.1, 0.15) is 0 Å². The second kappa shape index (κ2) is 8.13. The van der Waals surface area contributed by atoms with Gasteiger partial charge < -0.3 is 10.0 Å². The summed E-state index contributed by atoms with van der Waals surface area (Å²) >= 11 is 1.84. The topological polar surface area (TPSA) is 36.4 Å². The van der Waals surface area contributed by atoms with E-state index in [9.17, 15) is 0 Å². The van der Waals surface area contributed by atoms with E-state index in [1.54, 1.807) is 5.57 Å². The average Bonchev–Trinajstić information content (AvgIpc) is 3.11. The van der Waals surface area contributed by atoms with Crippen LogP contribution in [0.15, 0.2) is 34.8 Å².